The van der Waals surface area contributed by atoms with Crippen LogP contribution in [0, 0.1) is 0 Å². The number of nitrogens with one attached hydrogen (secondary N) is 2. The Balaban J connectivity index is 1.59. The average molecular weight is 291 g/mol. The first kappa shape index (κ1) is 13.3. The van der Waals surface area contributed by atoms with Crippen molar-refractivity contribution in [1.29, 1.82) is 0 Å². The average Bonchev–Trinajstić information content (AvgIpc) is 3.17. The van der Waals surface area contributed by atoms with Crippen molar-refractivity contribution in [2.45, 2.75) is 25.4 Å². The Kier molecular flexibility index (Phi) is 4.08. The second kappa shape index (κ2) is 6.15. The molecule has 1 atom stereocenters. The number of amides is 1. The van der Waals surface area contributed by atoms with Crippen LogP contribution in [0.3, 0.4) is 0 Å². The van der Waals surface area contributed by atoms with Gasteiger partial charge in [0.25, 0.3) is 5.91 Å². The topological polar surface area (TPSA) is 71.8 Å². The van der Waals surface area contributed by atoms with Crippen LogP contribution in [-0.2, 0) is 6.54 Å². The molecule has 1 unspecified atom stereocenters. The molecule has 1 aliphatic rings. The minimum atomic E-state index is -0.150. The highest BCUT2D eigenvalue weighted by Gasteiger charge is 2.17. The molecule has 2 aromatic heterocycles. The predicted octanol–water partition coefficient (Wildman–Crippen LogP) is 1.19. The van der Waals surface area contributed by atoms with Gasteiger partial charge in [-0.3, -0.25) is 9.48 Å². The molecule has 1 aliphatic heterocycles. The lowest BCUT2D eigenvalue weighted by molar-refractivity contribution is 0.0944. The van der Waals surface area contributed by atoms with Gasteiger partial charge in [-0.25, -0.2) is 4.98 Å². The van der Waals surface area contributed by atoms with E-state index in [-0.39, 0.29) is 5.91 Å². The van der Waals surface area contributed by atoms with Crippen LogP contribution < -0.4 is 10.6 Å². The van der Waals surface area contributed by atoms with Gasteiger partial charge in [0.1, 0.15) is 10.7 Å². The smallest absolute Gasteiger partial charge is 0.272 e. The van der Waals surface area contributed by atoms with E-state index in [9.17, 15) is 4.79 Å². The molecule has 2 N–H and O–H groups in total. The molecular formula is C13H17N5OS. The van der Waals surface area contributed by atoms with Crippen LogP contribution in [0.1, 0.15) is 34.4 Å². The SMILES string of the molecule is O=C(NCc1nccs1)c1ccn(C2CCCNC2)n1. The minimum Gasteiger partial charge on any atom is -0.344 e. The number of carbonyl (C=O) groups is 1. The summed E-state index contributed by atoms with van der Waals surface area (Å²) < 4.78 is 1.89. The number of nitrogens with zero attached hydrogens (tertiary/aromatic N) is 3. The second-order valence-corrected chi connectivity index (χ2v) is 5.77. The number of hydrogen-bond donors (Lipinski definition) is 2. The van der Waals surface area contributed by atoms with Crippen molar-refractivity contribution in [3.8, 4) is 0 Å². The summed E-state index contributed by atoms with van der Waals surface area (Å²) in [5.74, 6) is -0.150. The highest BCUT2D eigenvalue weighted by Crippen LogP contribution is 2.15. The molecule has 3 rings (SSSR count). The largest absolute Gasteiger partial charge is 0.344 e. The van der Waals surface area contributed by atoms with Gasteiger partial charge in [0.15, 0.2) is 0 Å². The molecule has 0 aromatic carbocycles. The monoisotopic (exact) mass is 291 g/mol. The van der Waals surface area contributed by atoms with E-state index < -0.39 is 0 Å². The predicted molar refractivity (Wildman–Crippen MR) is 76.7 cm³/mol. The van der Waals surface area contributed by atoms with E-state index in [0.29, 0.717) is 18.3 Å². The maximum atomic E-state index is 12.0. The van der Waals surface area contributed by atoms with E-state index in [1.807, 2.05) is 16.3 Å². The third kappa shape index (κ3) is 3.05. The van der Waals surface area contributed by atoms with Gasteiger partial charge >= 0.3 is 0 Å². The Morgan fingerprint density at radius 3 is 3.30 bits per heavy atom. The second-order valence-electron chi connectivity index (χ2n) is 4.79. The number of carbonyl (C=O) groups excluding carboxylic acids is 1. The molecular weight excluding hydrogens is 274 g/mol. The normalized spacial score (nSPS) is 18.9. The van der Waals surface area contributed by atoms with E-state index in [0.717, 1.165) is 30.9 Å². The van der Waals surface area contributed by atoms with Crippen molar-refractivity contribution < 1.29 is 4.79 Å². The Labute approximate surface area is 121 Å². The van der Waals surface area contributed by atoms with Crippen LogP contribution >= 0.6 is 11.3 Å². The van der Waals surface area contributed by atoms with Crippen LogP contribution in [0.4, 0.5) is 0 Å². The molecule has 3 heterocycles. The minimum absolute atomic E-state index is 0.150. The van der Waals surface area contributed by atoms with Gasteiger partial charge in [0.2, 0.25) is 0 Å². The van der Waals surface area contributed by atoms with Crippen LogP contribution in [0.15, 0.2) is 23.8 Å². The fourth-order valence-corrected chi connectivity index (χ4v) is 2.86. The fourth-order valence-electron chi connectivity index (χ4n) is 2.31. The van der Waals surface area contributed by atoms with Crippen molar-refractivity contribution in [3.63, 3.8) is 0 Å². The third-order valence-electron chi connectivity index (χ3n) is 3.37. The molecule has 20 heavy (non-hydrogen) atoms. The van der Waals surface area contributed by atoms with Crippen LogP contribution in [-0.4, -0.2) is 33.8 Å². The van der Waals surface area contributed by atoms with Gasteiger partial charge in [-0.15, -0.1) is 11.3 Å². The molecule has 0 aliphatic carbocycles. The zero-order valence-electron chi connectivity index (χ0n) is 11.1. The molecule has 1 fully saturated rings. The summed E-state index contributed by atoms with van der Waals surface area (Å²) in [4.78, 5) is 16.1. The van der Waals surface area contributed by atoms with E-state index in [2.05, 4.69) is 20.7 Å². The summed E-state index contributed by atoms with van der Waals surface area (Å²) in [6.45, 7) is 2.44. The zero-order chi connectivity index (χ0) is 13.8. The molecule has 0 spiro atoms. The molecule has 106 valence electrons. The third-order valence-corrected chi connectivity index (χ3v) is 4.15. The number of hydrogen-bond acceptors (Lipinski definition) is 5. The van der Waals surface area contributed by atoms with Gasteiger partial charge in [-0.2, -0.15) is 5.10 Å². The lowest BCUT2D eigenvalue weighted by atomic mass is 10.1. The summed E-state index contributed by atoms with van der Waals surface area (Å²) in [5, 5.41) is 13.4. The molecule has 6 nitrogen and oxygen atoms in total. The first-order valence-corrected chi connectivity index (χ1v) is 7.63. The van der Waals surface area contributed by atoms with Crippen molar-refractivity contribution in [1.82, 2.24) is 25.4 Å². The van der Waals surface area contributed by atoms with E-state index >= 15 is 0 Å². The standard InChI is InChI=1S/C13H17N5OS/c19-13(16-9-12-15-5-7-20-12)11-3-6-18(17-11)10-2-1-4-14-8-10/h3,5-7,10,14H,1-2,4,8-9H2,(H,16,19). The molecule has 2 aromatic rings. The van der Waals surface area contributed by atoms with Crippen molar-refractivity contribution >= 4 is 17.2 Å². The van der Waals surface area contributed by atoms with Gasteiger partial charge in [-0.05, 0) is 25.5 Å². The van der Waals surface area contributed by atoms with Crippen molar-refractivity contribution in [2.24, 2.45) is 0 Å². The molecule has 1 amide bonds. The molecule has 0 bridgehead atoms. The van der Waals surface area contributed by atoms with Crippen LogP contribution in [0.2, 0.25) is 0 Å². The van der Waals surface area contributed by atoms with Crippen molar-refractivity contribution in [3.05, 3.63) is 34.5 Å². The number of thiazole rings is 1. The lowest BCUT2D eigenvalue weighted by Gasteiger charge is -2.22. The van der Waals surface area contributed by atoms with Crippen LogP contribution in [0.5, 0.6) is 0 Å². The van der Waals surface area contributed by atoms with E-state index in [4.69, 9.17) is 0 Å². The first-order chi connectivity index (χ1) is 9.83. The van der Waals surface area contributed by atoms with Gasteiger partial charge in [0, 0.05) is 24.3 Å². The van der Waals surface area contributed by atoms with E-state index in [1.54, 1.807) is 12.3 Å². The fraction of sp³-hybridized carbons (Fsp3) is 0.462. The van der Waals surface area contributed by atoms with Crippen molar-refractivity contribution in [2.75, 3.05) is 13.1 Å². The summed E-state index contributed by atoms with van der Waals surface area (Å²) in [5.41, 5.74) is 0.465. The Morgan fingerprint density at radius 2 is 2.55 bits per heavy atom. The summed E-state index contributed by atoms with van der Waals surface area (Å²) >= 11 is 1.53. The quantitative estimate of drug-likeness (QED) is 0.888. The molecule has 1 saturated heterocycles. The summed E-state index contributed by atoms with van der Waals surface area (Å²) in [6.07, 6.45) is 5.87. The maximum Gasteiger partial charge on any atom is 0.272 e. The van der Waals surface area contributed by atoms with Gasteiger partial charge in [-0.1, -0.05) is 0 Å². The van der Waals surface area contributed by atoms with Crippen LogP contribution in [0.25, 0.3) is 0 Å². The molecule has 0 saturated carbocycles. The molecule has 7 heteroatoms. The van der Waals surface area contributed by atoms with Gasteiger partial charge in [0.05, 0.1) is 12.6 Å². The summed E-state index contributed by atoms with van der Waals surface area (Å²) in [7, 11) is 0. The first-order valence-electron chi connectivity index (χ1n) is 6.75. The maximum absolute atomic E-state index is 12.0. The number of rotatable bonds is 4. The number of piperidine rings is 1. The summed E-state index contributed by atoms with van der Waals surface area (Å²) in [6, 6.07) is 2.12. The molecule has 0 radical (unpaired) electrons. The Morgan fingerprint density at radius 1 is 1.60 bits per heavy atom. The number of aromatic nitrogens is 3. The Bertz CT molecular complexity index is 559. The lowest BCUT2D eigenvalue weighted by Crippen LogP contribution is -2.32. The van der Waals surface area contributed by atoms with Gasteiger partial charge < -0.3 is 10.6 Å². The Hall–Kier alpha value is -1.73. The van der Waals surface area contributed by atoms with E-state index in [1.165, 1.54) is 11.3 Å². The highest BCUT2D eigenvalue weighted by molar-refractivity contribution is 7.09. The zero-order valence-corrected chi connectivity index (χ0v) is 11.9. The highest BCUT2D eigenvalue weighted by atomic mass is 32.1.